The topological polar surface area (TPSA) is 67.2 Å². The number of nitrogens with one attached hydrogen (secondary N) is 1. The average molecular weight is 377 g/mol. The molecule has 3 rings (SSSR count). The number of aromatic nitrogens is 2. The van der Waals surface area contributed by atoms with Gasteiger partial charge in [-0.05, 0) is 30.7 Å². The van der Waals surface area contributed by atoms with Crippen molar-refractivity contribution in [3.8, 4) is 5.69 Å². The Morgan fingerprint density at radius 3 is 2.83 bits per heavy atom. The lowest BCUT2D eigenvalue weighted by molar-refractivity contribution is -0.127. The molecule has 0 radical (unpaired) electrons. The highest BCUT2D eigenvalue weighted by molar-refractivity contribution is 9.10. The summed E-state index contributed by atoms with van der Waals surface area (Å²) < 4.78 is 2.78. The largest absolute Gasteiger partial charge is 0.353 e. The maximum Gasteiger partial charge on any atom is 0.274 e. The van der Waals surface area contributed by atoms with Gasteiger partial charge in [0.15, 0.2) is 0 Å². The van der Waals surface area contributed by atoms with Crippen molar-refractivity contribution in [1.29, 1.82) is 0 Å². The Hall–Kier alpha value is -2.15. The van der Waals surface area contributed by atoms with Crippen molar-refractivity contribution in [2.24, 2.45) is 0 Å². The van der Waals surface area contributed by atoms with Crippen LogP contribution >= 0.6 is 15.9 Å². The van der Waals surface area contributed by atoms with E-state index in [-0.39, 0.29) is 11.8 Å². The number of carbonyl (C=O) groups is 2. The number of carbonyl (C=O) groups excluding carboxylic acids is 2. The molecule has 7 heteroatoms. The lowest BCUT2D eigenvalue weighted by Crippen LogP contribution is -2.56. The van der Waals surface area contributed by atoms with Crippen LogP contribution in [0.1, 0.15) is 23.8 Å². The van der Waals surface area contributed by atoms with Gasteiger partial charge in [-0.15, -0.1) is 0 Å². The van der Waals surface area contributed by atoms with E-state index in [1.54, 1.807) is 22.0 Å². The standard InChI is InChI=1S/C16H17BrN4O2/c1-2-14-15(22)18-7-8-21(14)16(23)13-9-20(10-19-13)12-5-3-11(17)4-6-12/h3-6,9-10,14H,2,7-8H2,1H3,(H,18,22). The molecule has 1 unspecified atom stereocenters. The summed E-state index contributed by atoms with van der Waals surface area (Å²) in [4.78, 5) is 30.4. The molecule has 6 nitrogen and oxygen atoms in total. The minimum absolute atomic E-state index is 0.0977. The predicted octanol–water partition coefficient (Wildman–Crippen LogP) is 1.99. The summed E-state index contributed by atoms with van der Waals surface area (Å²) in [5, 5.41) is 2.79. The Bertz CT molecular complexity index is 726. The Labute approximate surface area is 142 Å². The van der Waals surface area contributed by atoms with Crippen LogP contribution in [-0.2, 0) is 4.79 Å². The van der Waals surface area contributed by atoms with Crippen molar-refractivity contribution in [3.05, 3.63) is 47.0 Å². The molecule has 1 aliphatic heterocycles. The Morgan fingerprint density at radius 2 is 2.13 bits per heavy atom. The van der Waals surface area contributed by atoms with Crippen LogP contribution in [-0.4, -0.2) is 45.4 Å². The molecule has 1 aromatic carbocycles. The van der Waals surface area contributed by atoms with Gasteiger partial charge >= 0.3 is 0 Å². The lowest BCUT2D eigenvalue weighted by Gasteiger charge is -2.33. The highest BCUT2D eigenvalue weighted by Crippen LogP contribution is 2.16. The number of imidazole rings is 1. The number of benzene rings is 1. The molecule has 2 heterocycles. The summed E-state index contributed by atoms with van der Waals surface area (Å²) in [5.41, 5.74) is 1.27. The number of hydrogen-bond acceptors (Lipinski definition) is 3. The van der Waals surface area contributed by atoms with Crippen LogP contribution in [0.15, 0.2) is 41.3 Å². The SMILES string of the molecule is CCC1C(=O)NCCN1C(=O)c1cn(-c2ccc(Br)cc2)cn1. The summed E-state index contributed by atoms with van der Waals surface area (Å²) in [6.07, 6.45) is 3.90. The molecule has 0 spiro atoms. The van der Waals surface area contributed by atoms with Crippen LogP contribution in [0, 0.1) is 0 Å². The molecule has 1 fully saturated rings. The maximum absolute atomic E-state index is 12.7. The fourth-order valence-electron chi connectivity index (χ4n) is 2.70. The molecule has 1 atom stereocenters. The van der Waals surface area contributed by atoms with E-state index in [0.29, 0.717) is 25.2 Å². The van der Waals surface area contributed by atoms with Gasteiger partial charge in [0, 0.05) is 29.4 Å². The highest BCUT2D eigenvalue weighted by atomic mass is 79.9. The Kier molecular flexibility index (Phi) is 4.47. The molecule has 120 valence electrons. The molecular formula is C16H17BrN4O2. The zero-order valence-corrected chi connectivity index (χ0v) is 14.3. The van der Waals surface area contributed by atoms with E-state index in [1.807, 2.05) is 31.2 Å². The Balaban J connectivity index is 1.83. The first-order valence-electron chi connectivity index (χ1n) is 7.48. The van der Waals surface area contributed by atoms with Crippen molar-refractivity contribution >= 4 is 27.7 Å². The van der Waals surface area contributed by atoms with Crippen LogP contribution in [0.5, 0.6) is 0 Å². The number of hydrogen-bond donors (Lipinski definition) is 1. The third-order valence-electron chi connectivity index (χ3n) is 3.90. The minimum Gasteiger partial charge on any atom is -0.353 e. The van der Waals surface area contributed by atoms with Crippen LogP contribution in [0.4, 0.5) is 0 Å². The van der Waals surface area contributed by atoms with Crippen molar-refractivity contribution < 1.29 is 9.59 Å². The molecule has 0 bridgehead atoms. The van der Waals surface area contributed by atoms with Gasteiger partial charge in [0.1, 0.15) is 18.1 Å². The van der Waals surface area contributed by atoms with Crippen molar-refractivity contribution in [1.82, 2.24) is 19.8 Å². The van der Waals surface area contributed by atoms with E-state index in [4.69, 9.17) is 0 Å². The zero-order valence-electron chi connectivity index (χ0n) is 12.7. The van der Waals surface area contributed by atoms with Crippen LogP contribution < -0.4 is 5.32 Å². The van der Waals surface area contributed by atoms with Gasteiger partial charge < -0.3 is 14.8 Å². The van der Waals surface area contributed by atoms with Crippen LogP contribution in [0.3, 0.4) is 0 Å². The van der Waals surface area contributed by atoms with Gasteiger partial charge in [0.25, 0.3) is 5.91 Å². The Morgan fingerprint density at radius 1 is 1.39 bits per heavy atom. The minimum atomic E-state index is -0.422. The first kappa shape index (κ1) is 15.7. The normalized spacial score (nSPS) is 17.9. The second-order valence-corrected chi connectivity index (χ2v) is 6.27. The van der Waals surface area contributed by atoms with E-state index in [2.05, 4.69) is 26.2 Å². The summed E-state index contributed by atoms with van der Waals surface area (Å²) >= 11 is 3.40. The summed E-state index contributed by atoms with van der Waals surface area (Å²) in [7, 11) is 0. The van der Waals surface area contributed by atoms with Gasteiger partial charge in [0.05, 0.1) is 0 Å². The van der Waals surface area contributed by atoms with Crippen molar-refractivity contribution in [2.75, 3.05) is 13.1 Å². The van der Waals surface area contributed by atoms with Gasteiger partial charge in [-0.1, -0.05) is 22.9 Å². The van der Waals surface area contributed by atoms with E-state index >= 15 is 0 Å². The first-order chi connectivity index (χ1) is 11.1. The first-order valence-corrected chi connectivity index (χ1v) is 8.28. The third kappa shape index (κ3) is 3.14. The van der Waals surface area contributed by atoms with Gasteiger partial charge in [-0.2, -0.15) is 0 Å². The number of amides is 2. The van der Waals surface area contributed by atoms with E-state index in [1.165, 1.54) is 0 Å². The number of halogens is 1. The third-order valence-corrected chi connectivity index (χ3v) is 4.43. The molecule has 0 aliphatic carbocycles. The average Bonchev–Trinajstić information content (AvgIpc) is 3.04. The second-order valence-electron chi connectivity index (χ2n) is 5.36. The molecule has 1 aromatic heterocycles. The molecular weight excluding hydrogens is 360 g/mol. The maximum atomic E-state index is 12.7. The van der Waals surface area contributed by atoms with Gasteiger partial charge in [0.2, 0.25) is 5.91 Å². The van der Waals surface area contributed by atoms with E-state index in [0.717, 1.165) is 10.2 Å². The van der Waals surface area contributed by atoms with E-state index in [9.17, 15) is 9.59 Å². The quantitative estimate of drug-likeness (QED) is 0.890. The molecule has 2 amide bonds. The van der Waals surface area contributed by atoms with E-state index < -0.39 is 6.04 Å². The van der Waals surface area contributed by atoms with Crippen LogP contribution in [0.2, 0.25) is 0 Å². The van der Waals surface area contributed by atoms with Crippen LogP contribution in [0.25, 0.3) is 5.69 Å². The molecule has 23 heavy (non-hydrogen) atoms. The fourth-order valence-corrected chi connectivity index (χ4v) is 2.96. The summed E-state index contributed by atoms with van der Waals surface area (Å²) in [6, 6.07) is 7.30. The summed E-state index contributed by atoms with van der Waals surface area (Å²) in [6.45, 7) is 2.89. The van der Waals surface area contributed by atoms with Crippen molar-refractivity contribution in [2.45, 2.75) is 19.4 Å². The number of rotatable bonds is 3. The molecule has 1 N–H and O–H groups in total. The van der Waals surface area contributed by atoms with Gasteiger partial charge in [-0.3, -0.25) is 9.59 Å². The second kappa shape index (κ2) is 6.54. The van der Waals surface area contributed by atoms with Crippen molar-refractivity contribution in [3.63, 3.8) is 0 Å². The van der Waals surface area contributed by atoms with Gasteiger partial charge in [-0.25, -0.2) is 4.98 Å². The predicted molar refractivity (Wildman–Crippen MR) is 89.4 cm³/mol. The zero-order chi connectivity index (χ0) is 16.4. The highest BCUT2D eigenvalue weighted by Gasteiger charge is 2.32. The smallest absolute Gasteiger partial charge is 0.274 e. The number of piperazine rings is 1. The molecule has 2 aromatic rings. The monoisotopic (exact) mass is 376 g/mol. The fraction of sp³-hybridized carbons (Fsp3) is 0.312. The molecule has 1 aliphatic rings. The lowest BCUT2D eigenvalue weighted by atomic mass is 10.1. The molecule has 0 saturated carbocycles. The summed E-state index contributed by atoms with van der Waals surface area (Å²) in [5.74, 6) is -0.304. The molecule has 1 saturated heterocycles. The number of nitrogens with zero attached hydrogens (tertiary/aromatic N) is 3.